The molecule has 2 atom stereocenters. The molecule has 0 unspecified atom stereocenters. The van der Waals surface area contributed by atoms with E-state index in [-0.39, 0.29) is 28.7 Å². The van der Waals surface area contributed by atoms with E-state index in [1.807, 2.05) is 19.1 Å². The van der Waals surface area contributed by atoms with Crippen molar-refractivity contribution in [3.8, 4) is 0 Å². The molecule has 0 aliphatic carbocycles. The molecule has 0 aromatic heterocycles. The molecule has 1 aromatic rings. The topological polar surface area (TPSA) is 87.6 Å². The van der Waals surface area contributed by atoms with Crippen molar-refractivity contribution in [3.63, 3.8) is 0 Å². The zero-order valence-electron chi connectivity index (χ0n) is 14.6. The van der Waals surface area contributed by atoms with Gasteiger partial charge in [0.15, 0.2) is 15.0 Å². The summed E-state index contributed by atoms with van der Waals surface area (Å²) in [5.74, 6) is 0.618. The predicted octanol–water partition coefficient (Wildman–Crippen LogP) is 2.06. The number of nitrogens with zero attached hydrogens (tertiary/aromatic N) is 1. The maximum atomic E-state index is 12.2. The summed E-state index contributed by atoms with van der Waals surface area (Å²) in [5, 5.41) is 6.91. The number of aliphatic imine (C=N–C) groups is 1. The highest BCUT2D eigenvalue weighted by Crippen LogP contribution is 2.35. The molecule has 2 heterocycles. The number of carbonyl (C=O) groups excluding carboxylic acids is 1. The van der Waals surface area contributed by atoms with Crippen molar-refractivity contribution >= 4 is 38.4 Å². The SMILES string of the molecule is Cc1ccc(C(=O)NCC(C)C)cc1NC1=N[C@H]2CS(=O)(=O)C[C@@H]2S1. The highest BCUT2D eigenvalue weighted by atomic mass is 32.2. The lowest BCUT2D eigenvalue weighted by atomic mass is 10.1. The summed E-state index contributed by atoms with van der Waals surface area (Å²) in [6.07, 6.45) is 0. The Kier molecular flexibility index (Phi) is 5.11. The minimum absolute atomic E-state index is 0.00493. The summed E-state index contributed by atoms with van der Waals surface area (Å²) in [5.41, 5.74) is 2.43. The van der Waals surface area contributed by atoms with Crippen LogP contribution in [0.1, 0.15) is 29.8 Å². The Morgan fingerprint density at radius 2 is 2.12 bits per heavy atom. The molecule has 2 aliphatic rings. The highest BCUT2D eigenvalue weighted by Gasteiger charge is 2.42. The number of amidine groups is 1. The molecule has 1 saturated heterocycles. The lowest BCUT2D eigenvalue weighted by molar-refractivity contribution is 0.0949. The van der Waals surface area contributed by atoms with Gasteiger partial charge in [-0.25, -0.2) is 8.42 Å². The zero-order chi connectivity index (χ0) is 18.2. The molecule has 0 spiro atoms. The first kappa shape index (κ1) is 18.3. The molecule has 1 aromatic carbocycles. The van der Waals surface area contributed by atoms with Crippen LogP contribution < -0.4 is 10.6 Å². The summed E-state index contributed by atoms with van der Waals surface area (Å²) in [4.78, 5) is 16.7. The third-order valence-electron chi connectivity index (χ3n) is 4.23. The van der Waals surface area contributed by atoms with E-state index in [0.717, 1.165) is 16.4 Å². The van der Waals surface area contributed by atoms with Gasteiger partial charge >= 0.3 is 0 Å². The van der Waals surface area contributed by atoms with Crippen molar-refractivity contribution in [1.29, 1.82) is 0 Å². The van der Waals surface area contributed by atoms with Crippen LogP contribution in [0, 0.1) is 12.8 Å². The Bertz CT molecular complexity index is 818. The van der Waals surface area contributed by atoms with Gasteiger partial charge in [-0.2, -0.15) is 0 Å². The van der Waals surface area contributed by atoms with Crippen LogP contribution in [0.2, 0.25) is 0 Å². The monoisotopic (exact) mass is 381 g/mol. The number of sulfone groups is 1. The number of carbonyl (C=O) groups is 1. The van der Waals surface area contributed by atoms with Crippen molar-refractivity contribution in [2.45, 2.75) is 32.1 Å². The first-order valence-corrected chi connectivity index (χ1v) is 11.0. The number of thioether (sulfide) groups is 1. The Hall–Kier alpha value is -1.54. The second-order valence-corrected chi connectivity index (χ2v) is 10.4. The lowest BCUT2D eigenvalue weighted by Crippen LogP contribution is -2.27. The second-order valence-electron chi connectivity index (χ2n) is 6.99. The minimum atomic E-state index is -2.95. The van der Waals surface area contributed by atoms with Gasteiger partial charge in [0.1, 0.15) is 0 Å². The Balaban J connectivity index is 1.71. The number of hydrogen-bond donors (Lipinski definition) is 2. The molecule has 0 radical (unpaired) electrons. The van der Waals surface area contributed by atoms with Gasteiger partial charge in [-0.05, 0) is 30.5 Å². The van der Waals surface area contributed by atoms with Crippen molar-refractivity contribution in [1.82, 2.24) is 5.32 Å². The summed E-state index contributed by atoms with van der Waals surface area (Å²) in [6, 6.07) is 5.37. The van der Waals surface area contributed by atoms with Crippen molar-refractivity contribution in [3.05, 3.63) is 29.3 Å². The number of hydrogen-bond acceptors (Lipinski definition) is 6. The van der Waals surface area contributed by atoms with Crippen molar-refractivity contribution < 1.29 is 13.2 Å². The Labute approximate surface area is 152 Å². The number of rotatable bonds is 4. The van der Waals surface area contributed by atoms with Gasteiger partial charge < -0.3 is 10.6 Å². The first-order valence-electron chi connectivity index (χ1n) is 8.34. The fourth-order valence-electron chi connectivity index (χ4n) is 2.83. The van der Waals surface area contributed by atoms with Gasteiger partial charge in [0, 0.05) is 23.0 Å². The summed E-state index contributed by atoms with van der Waals surface area (Å²) >= 11 is 1.47. The molecule has 6 nitrogen and oxygen atoms in total. The maximum Gasteiger partial charge on any atom is 0.251 e. The molecule has 2 aliphatic heterocycles. The van der Waals surface area contributed by atoms with Gasteiger partial charge in [0.2, 0.25) is 0 Å². The van der Waals surface area contributed by atoms with Crippen molar-refractivity contribution in [2.24, 2.45) is 10.9 Å². The molecule has 3 rings (SSSR count). The number of nitrogens with one attached hydrogen (secondary N) is 2. The smallest absolute Gasteiger partial charge is 0.251 e. The van der Waals surface area contributed by atoms with E-state index < -0.39 is 9.84 Å². The fraction of sp³-hybridized carbons (Fsp3) is 0.529. The van der Waals surface area contributed by atoms with Crippen LogP contribution in [0.3, 0.4) is 0 Å². The lowest BCUT2D eigenvalue weighted by Gasteiger charge is -2.12. The van der Waals surface area contributed by atoms with Gasteiger partial charge in [-0.15, -0.1) is 0 Å². The summed E-state index contributed by atoms with van der Waals surface area (Å²) in [6.45, 7) is 6.70. The molecule has 136 valence electrons. The largest absolute Gasteiger partial charge is 0.352 e. The van der Waals surface area contributed by atoms with E-state index in [1.165, 1.54) is 11.8 Å². The number of aryl methyl sites for hydroxylation is 1. The third-order valence-corrected chi connectivity index (χ3v) is 7.37. The summed E-state index contributed by atoms with van der Waals surface area (Å²) < 4.78 is 23.3. The number of benzene rings is 1. The molecule has 8 heteroatoms. The van der Waals surface area contributed by atoms with Crippen LogP contribution in [0.25, 0.3) is 0 Å². The van der Waals surface area contributed by atoms with Crippen LogP contribution in [0.5, 0.6) is 0 Å². The Morgan fingerprint density at radius 1 is 1.36 bits per heavy atom. The molecule has 1 amide bonds. The van der Waals surface area contributed by atoms with E-state index in [9.17, 15) is 13.2 Å². The second kappa shape index (κ2) is 6.99. The van der Waals surface area contributed by atoms with E-state index >= 15 is 0 Å². The van der Waals surface area contributed by atoms with Crippen LogP contribution in [0.15, 0.2) is 23.2 Å². The van der Waals surface area contributed by atoms with E-state index in [4.69, 9.17) is 0 Å². The normalized spacial score (nSPS) is 24.1. The average Bonchev–Trinajstić information content (AvgIpc) is 2.99. The zero-order valence-corrected chi connectivity index (χ0v) is 16.2. The number of fused-ring (bicyclic) bond motifs is 1. The average molecular weight is 382 g/mol. The Morgan fingerprint density at radius 3 is 2.80 bits per heavy atom. The van der Waals surface area contributed by atoms with Crippen LogP contribution >= 0.6 is 11.8 Å². The number of anilines is 1. The standard InChI is InChI=1S/C17H23N3O3S2/c1-10(2)7-18-16(21)12-5-4-11(3)13(6-12)19-17-20-14-8-25(22,23)9-15(14)24-17/h4-6,10,14-15H,7-9H2,1-3H3,(H,18,21)(H,19,20)/t14-,15-/m0/s1. The van der Waals surface area contributed by atoms with E-state index in [0.29, 0.717) is 18.0 Å². The molecule has 0 saturated carbocycles. The van der Waals surface area contributed by atoms with Crippen molar-refractivity contribution in [2.75, 3.05) is 23.4 Å². The predicted molar refractivity (Wildman–Crippen MR) is 103 cm³/mol. The first-order chi connectivity index (χ1) is 11.7. The number of amides is 1. The molecular formula is C17H23N3O3S2. The van der Waals surface area contributed by atoms with Gasteiger partial charge in [-0.1, -0.05) is 31.7 Å². The van der Waals surface area contributed by atoms with Crippen LogP contribution in [-0.4, -0.2) is 48.8 Å². The van der Waals surface area contributed by atoms with Crippen LogP contribution in [0.4, 0.5) is 5.69 Å². The van der Waals surface area contributed by atoms with E-state index in [1.54, 1.807) is 6.07 Å². The molecule has 2 N–H and O–H groups in total. The van der Waals surface area contributed by atoms with Gasteiger partial charge in [0.05, 0.1) is 17.5 Å². The van der Waals surface area contributed by atoms with Gasteiger partial charge in [-0.3, -0.25) is 9.79 Å². The quantitative estimate of drug-likeness (QED) is 0.834. The molecular weight excluding hydrogens is 358 g/mol. The molecule has 25 heavy (non-hydrogen) atoms. The van der Waals surface area contributed by atoms with Crippen LogP contribution in [-0.2, 0) is 9.84 Å². The molecule has 0 bridgehead atoms. The highest BCUT2D eigenvalue weighted by molar-refractivity contribution is 8.15. The minimum Gasteiger partial charge on any atom is -0.352 e. The maximum absolute atomic E-state index is 12.2. The fourth-order valence-corrected chi connectivity index (χ4v) is 6.50. The third kappa shape index (κ3) is 4.36. The van der Waals surface area contributed by atoms with E-state index in [2.05, 4.69) is 29.5 Å². The molecule has 1 fully saturated rings. The summed E-state index contributed by atoms with van der Waals surface area (Å²) in [7, 11) is -2.95. The van der Waals surface area contributed by atoms with Gasteiger partial charge in [0.25, 0.3) is 5.91 Å².